The summed E-state index contributed by atoms with van der Waals surface area (Å²) >= 11 is 0. The Morgan fingerprint density at radius 3 is 2.17 bits per heavy atom. The van der Waals surface area contributed by atoms with Crippen LogP contribution >= 0.6 is 0 Å². The fourth-order valence-corrected chi connectivity index (χ4v) is 3.32. The quantitative estimate of drug-likeness (QED) is 0.782. The Morgan fingerprint density at radius 2 is 1.50 bits per heavy atom. The van der Waals surface area contributed by atoms with Gasteiger partial charge in [0.15, 0.2) is 5.79 Å². The minimum atomic E-state index is -0.288. The lowest BCUT2D eigenvalue weighted by atomic mass is 9.89. The van der Waals surface area contributed by atoms with E-state index in [0.29, 0.717) is 5.92 Å². The van der Waals surface area contributed by atoms with Crippen LogP contribution < -0.4 is 5.73 Å². The number of hydrogen-bond donors (Lipinski definition) is 1. The van der Waals surface area contributed by atoms with Gasteiger partial charge in [-0.05, 0) is 25.3 Å². The number of ether oxygens (including phenoxy) is 2. The first kappa shape index (κ1) is 14.3. The fraction of sp³-hybridized carbons (Fsp3) is 1.00. The van der Waals surface area contributed by atoms with E-state index in [0.717, 1.165) is 32.6 Å². The van der Waals surface area contributed by atoms with Crippen LogP contribution in [-0.4, -0.2) is 25.5 Å². The predicted molar refractivity (Wildman–Crippen MR) is 73.3 cm³/mol. The zero-order valence-corrected chi connectivity index (χ0v) is 11.7. The van der Waals surface area contributed by atoms with Crippen LogP contribution in [0.1, 0.15) is 64.2 Å². The molecule has 0 aromatic rings. The van der Waals surface area contributed by atoms with Crippen LogP contribution in [0.15, 0.2) is 0 Å². The van der Waals surface area contributed by atoms with E-state index < -0.39 is 0 Å². The molecular weight excluding hydrogens is 226 g/mol. The van der Waals surface area contributed by atoms with Gasteiger partial charge in [-0.3, -0.25) is 0 Å². The zero-order valence-electron chi connectivity index (χ0n) is 11.7. The maximum absolute atomic E-state index is 5.94. The van der Waals surface area contributed by atoms with Crippen molar-refractivity contribution in [1.29, 1.82) is 0 Å². The van der Waals surface area contributed by atoms with Gasteiger partial charge < -0.3 is 15.2 Å². The molecule has 2 aliphatic rings. The Hall–Kier alpha value is -0.120. The normalized spacial score (nSPS) is 30.8. The topological polar surface area (TPSA) is 44.5 Å². The van der Waals surface area contributed by atoms with Crippen molar-refractivity contribution in [2.75, 3.05) is 19.8 Å². The minimum Gasteiger partial charge on any atom is -0.348 e. The van der Waals surface area contributed by atoms with Gasteiger partial charge in [-0.2, -0.15) is 0 Å². The second kappa shape index (κ2) is 7.46. The molecular formula is C15H29NO2. The third-order valence-electron chi connectivity index (χ3n) is 4.42. The van der Waals surface area contributed by atoms with E-state index in [2.05, 4.69) is 0 Å². The van der Waals surface area contributed by atoms with Crippen LogP contribution in [0.4, 0.5) is 0 Å². The van der Waals surface area contributed by atoms with Crippen LogP contribution in [0.3, 0.4) is 0 Å². The first-order valence-electron chi connectivity index (χ1n) is 7.83. The Morgan fingerprint density at radius 1 is 0.889 bits per heavy atom. The van der Waals surface area contributed by atoms with E-state index in [9.17, 15) is 0 Å². The summed E-state index contributed by atoms with van der Waals surface area (Å²) in [6.07, 6.45) is 12.7. The Bertz CT molecular complexity index is 227. The third-order valence-corrected chi connectivity index (χ3v) is 4.42. The second-order valence-corrected chi connectivity index (χ2v) is 5.93. The smallest absolute Gasteiger partial charge is 0.168 e. The summed E-state index contributed by atoms with van der Waals surface area (Å²) in [6, 6.07) is 0. The Kier molecular flexibility index (Phi) is 5.93. The summed E-state index contributed by atoms with van der Waals surface area (Å²) in [7, 11) is 0. The van der Waals surface area contributed by atoms with Gasteiger partial charge in [0, 0.05) is 12.8 Å². The van der Waals surface area contributed by atoms with Gasteiger partial charge in [0.2, 0.25) is 0 Å². The van der Waals surface area contributed by atoms with Crippen molar-refractivity contribution in [2.24, 2.45) is 11.7 Å². The van der Waals surface area contributed by atoms with Crippen molar-refractivity contribution in [2.45, 2.75) is 70.0 Å². The lowest BCUT2D eigenvalue weighted by Crippen LogP contribution is -2.35. The van der Waals surface area contributed by atoms with Gasteiger partial charge >= 0.3 is 0 Å². The molecule has 0 amide bonds. The molecule has 1 saturated heterocycles. The maximum atomic E-state index is 5.94. The van der Waals surface area contributed by atoms with E-state index in [4.69, 9.17) is 15.2 Å². The molecule has 3 nitrogen and oxygen atoms in total. The minimum absolute atomic E-state index is 0.288. The zero-order chi connectivity index (χ0) is 12.7. The Balaban J connectivity index is 1.92. The van der Waals surface area contributed by atoms with Crippen molar-refractivity contribution in [3.05, 3.63) is 0 Å². The predicted octanol–water partition coefficient (Wildman–Crippen LogP) is 3.22. The molecule has 2 rings (SSSR count). The highest BCUT2D eigenvalue weighted by Gasteiger charge is 2.37. The molecule has 1 saturated carbocycles. The van der Waals surface area contributed by atoms with Crippen molar-refractivity contribution in [1.82, 2.24) is 0 Å². The second-order valence-electron chi connectivity index (χ2n) is 5.93. The van der Waals surface area contributed by atoms with Crippen LogP contribution in [0, 0.1) is 5.92 Å². The molecule has 2 fully saturated rings. The van der Waals surface area contributed by atoms with E-state index in [1.165, 1.54) is 51.4 Å². The summed E-state index contributed by atoms with van der Waals surface area (Å²) in [5.41, 5.74) is 5.92. The van der Waals surface area contributed by atoms with Gasteiger partial charge in [0.1, 0.15) is 0 Å². The molecule has 3 heteroatoms. The lowest BCUT2D eigenvalue weighted by molar-refractivity contribution is -0.175. The maximum Gasteiger partial charge on any atom is 0.168 e. The molecule has 0 radical (unpaired) electrons. The average Bonchev–Trinajstić information content (AvgIpc) is 2.82. The molecule has 18 heavy (non-hydrogen) atoms. The molecule has 0 bridgehead atoms. The van der Waals surface area contributed by atoms with Crippen LogP contribution in [0.25, 0.3) is 0 Å². The highest BCUT2D eigenvalue weighted by atomic mass is 16.7. The standard InChI is InChI=1S/C15H29NO2/c16-13-14-8-6-4-2-1-3-5-7-9-15(12-14)17-10-11-18-15/h14H,1-13,16H2. The van der Waals surface area contributed by atoms with E-state index in [1.807, 2.05) is 0 Å². The SMILES string of the molecule is NCC1CCCCCCCCCC2(C1)OCCO2. The summed E-state index contributed by atoms with van der Waals surface area (Å²) < 4.78 is 11.9. The van der Waals surface area contributed by atoms with Gasteiger partial charge in [-0.1, -0.05) is 38.5 Å². The lowest BCUT2D eigenvalue weighted by Gasteiger charge is -2.31. The molecule has 0 aromatic heterocycles. The number of rotatable bonds is 1. The highest BCUT2D eigenvalue weighted by Crippen LogP contribution is 2.34. The van der Waals surface area contributed by atoms with Crippen LogP contribution in [-0.2, 0) is 9.47 Å². The van der Waals surface area contributed by atoms with Gasteiger partial charge in [-0.25, -0.2) is 0 Å². The van der Waals surface area contributed by atoms with Crippen molar-refractivity contribution in [3.63, 3.8) is 0 Å². The third kappa shape index (κ3) is 4.22. The van der Waals surface area contributed by atoms with Crippen molar-refractivity contribution in [3.8, 4) is 0 Å². The average molecular weight is 255 g/mol. The summed E-state index contributed by atoms with van der Waals surface area (Å²) in [4.78, 5) is 0. The molecule has 1 heterocycles. The molecule has 0 aromatic carbocycles. The molecule has 1 atom stereocenters. The fourth-order valence-electron chi connectivity index (χ4n) is 3.32. The molecule has 1 unspecified atom stereocenters. The summed E-state index contributed by atoms with van der Waals surface area (Å²) in [5, 5.41) is 0. The number of hydrogen-bond acceptors (Lipinski definition) is 3. The summed E-state index contributed by atoms with van der Waals surface area (Å²) in [5.74, 6) is 0.283. The first-order valence-corrected chi connectivity index (χ1v) is 7.83. The summed E-state index contributed by atoms with van der Waals surface area (Å²) in [6.45, 7) is 2.29. The van der Waals surface area contributed by atoms with Gasteiger partial charge in [0.25, 0.3) is 0 Å². The van der Waals surface area contributed by atoms with Gasteiger partial charge in [-0.15, -0.1) is 0 Å². The van der Waals surface area contributed by atoms with Crippen molar-refractivity contribution >= 4 is 0 Å². The molecule has 2 N–H and O–H groups in total. The molecule has 106 valence electrons. The molecule has 1 aliphatic heterocycles. The van der Waals surface area contributed by atoms with E-state index >= 15 is 0 Å². The largest absolute Gasteiger partial charge is 0.348 e. The number of nitrogens with two attached hydrogens (primary N) is 1. The van der Waals surface area contributed by atoms with Crippen LogP contribution in [0.2, 0.25) is 0 Å². The molecule has 1 spiro atoms. The monoisotopic (exact) mass is 255 g/mol. The van der Waals surface area contributed by atoms with E-state index in [-0.39, 0.29) is 5.79 Å². The van der Waals surface area contributed by atoms with E-state index in [1.54, 1.807) is 0 Å². The van der Waals surface area contributed by atoms with Crippen LogP contribution in [0.5, 0.6) is 0 Å². The van der Waals surface area contributed by atoms with Gasteiger partial charge in [0.05, 0.1) is 13.2 Å². The Labute approximate surface area is 111 Å². The highest BCUT2D eigenvalue weighted by molar-refractivity contribution is 4.79. The molecule has 1 aliphatic carbocycles. The first-order chi connectivity index (χ1) is 8.85. The van der Waals surface area contributed by atoms with Crippen molar-refractivity contribution < 1.29 is 9.47 Å².